The molecule has 2 unspecified atom stereocenters. The predicted molar refractivity (Wildman–Crippen MR) is 97.1 cm³/mol. The minimum Gasteiger partial charge on any atom is -0.537 e. The summed E-state index contributed by atoms with van der Waals surface area (Å²) < 4.78 is 39.6. The second-order valence-electron chi connectivity index (χ2n) is 7.33. The summed E-state index contributed by atoms with van der Waals surface area (Å²) >= 11 is 0. The van der Waals surface area contributed by atoms with Crippen LogP contribution in [0.3, 0.4) is 0 Å². The Morgan fingerprint density at radius 3 is 2.97 bits per heavy atom. The number of ether oxygens (including phenoxy) is 1. The van der Waals surface area contributed by atoms with Gasteiger partial charge < -0.3 is 29.5 Å². The second-order valence-corrected chi connectivity index (χ2v) is 7.33. The van der Waals surface area contributed by atoms with Gasteiger partial charge >= 0.3 is 6.75 Å². The molecule has 0 bridgehead atoms. The number of fused-ring (bicyclic) bond motifs is 4. The number of halogens is 1. The van der Waals surface area contributed by atoms with Gasteiger partial charge in [-0.25, -0.2) is 19.3 Å². The summed E-state index contributed by atoms with van der Waals surface area (Å²) in [7, 11) is 0. The highest BCUT2D eigenvalue weighted by atomic mass is 19.1. The van der Waals surface area contributed by atoms with Crippen LogP contribution in [0.5, 0.6) is 0 Å². The molecule has 3 aliphatic rings. The van der Waals surface area contributed by atoms with Gasteiger partial charge in [0, 0.05) is 6.61 Å². The lowest BCUT2D eigenvalue weighted by atomic mass is 9.70. The van der Waals surface area contributed by atoms with Crippen LogP contribution in [0.1, 0.15) is 11.8 Å². The van der Waals surface area contributed by atoms with E-state index in [1.807, 2.05) is 0 Å². The predicted octanol–water partition coefficient (Wildman–Crippen LogP) is -0.402. The molecule has 2 aromatic heterocycles. The van der Waals surface area contributed by atoms with E-state index in [9.17, 15) is 9.50 Å². The smallest absolute Gasteiger partial charge is 0.410 e. The number of aromatic nitrogens is 4. The molecule has 1 spiro atoms. The highest BCUT2D eigenvalue weighted by Crippen LogP contribution is 2.44. The van der Waals surface area contributed by atoms with Gasteiger partial charge in [-0.3, -0.25) is 4.57 Å². The number of nitrogens with zero attached hydrogens (tertiary/aromatic N) is 4. The van der Waals surface area contributed by atoms with Crippen molar-refractivity contribution in [3.05, 3.63) is 42.2 Å². The molecule has 150 valence electrons. The minimum atomic E-state index is -2.27. The first-order valence-electron chi connectivity index (χ1n) is 9.21. The van der Waals surface area contributed by atoms with Crippen LogP contribution in [-0.2, 0) is 25.3 Å². The summed E-state index contributed by atoms with van der Waals surface area (Å²) in [5.74, 6) is -0.101. The van der Waals surface area contributed by atoms with Gasteiger partial charge in [-0.05, 0) is 12.1 Å². The van der Waals surface area contributed by atoms with Crippen LogP contribution >= 0.6 is 0 Å². The van der Waals surface area contributed by atoms with Crippen molar-refractivity contribution < 1.29 is 28.2 Å². The number of rotatable bonds is 2. The van der Waals surface area contributed by atoms with Gasteiger partial charge in [0.2, 0.25) is 0 Å². The van der Waals surface area contributed by atoms with Crippen LogP contribution in [0.2, 0.25) is 0 Å². The van der Waals surface area contributed by atoms with Crippen LogP contribution in [-0.4, -0.2) is 56.3 Å². The van der Waals surface area contributed by atoms with Crippen molar-refractivity contribution in [2.75, 3.05) is 12.3 Å². The van der Waals surface area contributed by atoms with Gasteiger partial charge in [0.15, 0.2) is 17.7 Å². The van der Waals surface area contributed by atoms with Crippen LogP contribution in [0, 0.1) is 5.82 Å². The van der Waals surface area contributed by atoms with E-state index in [0.29, 0.717) is 22.2 Å². The number of aliphatic hydroxyl groups is 1. The van der Waals surface area contributed by atoms with Gasteiger partial charge in [-0.2, -0.15) is 0 Å². The average molecular weight is 400 g/mol. The molecule has 1 aromatic carbocycles. The number of aliphatic hydroxyl groups excluding tert-OH is 1. The number of imidazole rings is 1. The van der Waals surface area contributed by atoms with Gasteiger partial charge in [-0.1, -0.05) is 11.6 Å². The van der Waals surface area contributed by atoms with Gasteiger partial charge in [-0.15, -0.1) is 5.46 Å². The zero-order chi connectivity index (χ0) is 19.8. The third-order valence-corrected chi connectivity index (χ3v) is 5.74. The summed E-state index contributed by atoms with van der Waals surface area (Å²) in [5.41, 5.74) is 8.14. The van der Waals surface area contributed by atoms with E-state index in [-0.39, 0.29) is 24.8 Å². The number of hydrogen-bond acceptors (Lipinski definition) is 9. The van der Waals surface area contributed by atoms with Gasteiger partial charge in [0.25, 0.3) is 0 Å². The molecule has 0 radical (unpaired) electrons. The standard InChI is InChI=1S/C17H16BFN5O5/c19-9-1-2-10-8(3-9)5-26-18(10)28-13-11(4-25)27-17(14(13)29-18)24-7-23-12-15(20)21-6-22-16(12)24/h1-3,6-7,11,13-14,17,25H,4-5H2,(H2,20,21,22)/q-1/t11-,13+,14?,17-,18?/m1/s1. The lowest BCUT2D eigenvalue weighted by Gasteiger charge is -2.34. The van der Waals surface area contributed by atoms with Crippen molar-refractivity contribution in [1.82, 2.24) is 19.5 Å². The van der Waals surface area contributed by atoms with Crippen LogP contribution in [0.15, 0.2) is 30.9 Å². The molecular weight excluding hydrogens is 384 g/mol. The number of nitrogens with two attached hydrogens (primary N) is 1. The van der Waals surface area contributed by atoms with Crippen molar-refractivity contribution in [3.8, 4) is 0 Å². The molecule has 0 saturated carbocycles. The van der Waals surface area contributed by atoms with Crippen molar-refractivity contribution in [3.63, 3.8) is 0 Å². The van der Waals surface area contributed by atoms with Crippen molar-refractivity contribution in [2.45, 2.75) is 31.1 Å². The van der Waals surface area contributed by atoms with Crippen molar-refractivity contribution >= 4 is 29.2 Å². The summed E-state index contributed by atoms with van der Waals surface area (Å²) in [6, 6.07) is 4.37. The molecule has 5 heterocycles. The molecular formula is C17H16BFN5O5-. The number of hydrogen-bond donors (Lipinski definition) is 2. The van der Waals surface area contributed by atoms with Crippen LogP contribution < -0.4 is 11.2 Å². The molecule has 2 fully saturated rings. The Labute approximate surface area is 163 Å². The molecule has 3 N–H and O–H groups in total. The Balaban J connectivity index is 1.41. The highest BCUT2D eigenvalue weighted by Gasteiger charge is 2.57. The SMILES string of the molecule is Nc1ncnc2c1ncn2[C@@H]1O[C@H](CO)[C@@H]2O[B-]3(OCc4cc(F)ccc43)OC21. The van der Waals surface area contributed by atoms with E-state index < -0.39 is 31.3 Å². The van der Waals surface area contributed by atoms with E-state index in [1.165, 1.54) is 24.8 Å². The molecule has 0 aliphatic carbocycles. The Hall–Kier alpha value is -2.64. The lowest BCUT2D eigenvalue weighted by molar-refractivity contribution is -0.0673. The lowest BCUT2D eigenvalue weighted by Crippen LogP contribution is -2.51. The van der Waals surface area contributed by atoms with E-state index in [0.717, 1.165) is 0 Å². The van der Waals surface area contributed by atoms with Crippen LogP contribution in [0.4, 0.5) is 10.2 Å². The average Bonchev–Trinajstić information content (AvgIpc) is 3.45. The third-order valence-electron chi connectivity index (χ3n) is 5.74. The maximum Gasteiger partial charge on any atom is 0.410 e. The summed E-state index contributed by atoms with van der Waals surface area (Å²) in [6.07, 6.45) is 0.377. The fraction of sp³-hybridized carbons (Fsp3) is 0.353. The quantitative estimate of drug-likeness (QED) is 0.553. The zero-order valence-corrected chi connectivity index (χ0v) is 15.0. The first kappa shape index (κ1) is 17.2. The van der Waals surface area contributed by atoms with Crippen LogP contribution in [0.25, 0.3) is 11.2 Å². The summed E-state index contributed by atoms with van der Waals surface area (Å²) in [6.45, 7) is -2.36. The Bertz CT molecular complexity index is 1130. The molecule has 5 atom stereocenters. The molecule has 12 heteroatoms. The number of anilines is 1. The number of benzene rings is 1. The van der Waals surface area contributed by atoms with E-state index in [2.05, 4.69) is 15.0 Å². The Kier molecular flexibility index (Phi) is 3.53. The van der Waals surface area contributed by atoms with Crippen molar-refractivity contribution in [2.24, 2.45) is 0 Å². The monoisotopic (exact) mass is 400 g/mol. The molecule has 3 aliphatic heterocycles. The topological polar surface area (TPSA) is 127 Å². The minimum absolute atomic E-state index is 0.180. The van der Waals surface area contributed by atoms with E-state index >= 15 is 0 Å². The van der Waals surface area contributed by atoms with Gasteiger partial charge in [0.05, 0.1) is 25.1 Å². The van der Waals surface area contributed by atoms with Gasteiger partial charge in [0.1, 0.15) is 23.8 Å². The molecule has 0 amide bonds. The normalized spacial score (nSPS) is 32.9. The zero-order valence-electron chi connectivity index (χ0n) is 15.0. The van der Waals surface area contributed by atoms with Crippen molar-refractivity contribution in [1.29, 1.82) is 0 Å². The molecule has 6 rings (SSSR count). The third kappa shape index (κ3) is 2.31. The first-order valence-corrected chi connectivity index (χ1v) is 9.21. The number of nitrogen functional groups attached to an aromatic ring is 1. The maximum atomic E-state index is 13.6. The highest BCUT2D eigenvalue weighted by molar-refractivity contribution is 6.77. The molecule has 10 nitrogen and oxygen atoms in total. The molecule has 2 saturated heterocycles. The summed E-state index contributed by atoms with van der Waals surface area (Å²) in [5, 5.41) is 9.83. The van der Waals surface area contributed by atoms with E-state index in [1.54, 1.807) is 10.6 Å². The summed E-state index contributed by atoms with van der Waals surface area (Å²) in [4.78, 5) is 12.5. The first-order chi connectivity index (χ1) is 14.1. The molecule has 29 heavy (non-hydrogen) atoms. The fourth-order valence-corrected chi connectivity index (χ4v) is 4.45. The largest absolute Gasteiger partial charge is 0.537 e. The Morgan fingerprint density at radius 2 is 2.10 bits per heavy atom. The maximum absolute atomic E-state index is 13.6. The van der Waals surface area contributed by atoms with E-state index in [4.69, 9.17) is 24.4 Å². The Morgan fingerprint density at radius 1 is 1.24 bits per heavy atom. The second kappa shape index (κ2) is 5.94. The fourth-order valence-electron chi connectivity index (χ4n) is 4.45. The molecule has 3 aromatic rings.